The minimum absolute atomic E-state index is 0.0983. The van der Waals surface area contributed by atoms with Gasteiger partial charge < -0.3 is 0 Å². The molecule has 2 nitrogen and oxygen atoms in total. The number of ketones is 2. The lowest BCUT2D eigenvalue weighted by Gasteiger charge is -2.37. The molecular formula is C28H24O2. The summed E-state index contributed by atoms with van der Waals surface area (Å²) in [4.78, 5) is 26.0. The molecule has 4 aromatic rings. The van der Waals surface area contributed by atoms with E-state index < -0.39 is 0 Å². The maximum Gasteiger partial charge on any atom is 0.134 e. The Bertz CT molecular complexity index is 1170. The molecule has 1 unspecified atom stereocenters. The Balaban J connectivity index is 1.69. The normalized spacial score (nSPS) is 21.8. The van der Waals surface area contributed by atoms with Gasteiger partial charge in [-0.15, -0.1) is 0 Å². The monoisotopic (exact) mass is 392 g/mol. The Morgan fingerprint density at radius 3 is 1.57 bits per heavy atom. The van der Waals surface area contributed by atoms with Crippen molar-refractivity contribution in [3.05, 3.63) is 96.1 Å². The van der Waals surface area contributed by atoms with Crippen molar-refractivity contribution in [2.45, 2.75) is 31.6 Å². The third kappa shape index (κ3) is 3.13. The van der Waals surface area contributed by atoms with Gasteiger partial charge in [0.05, 0.1) is 0 Å². The number of hydrogen-bond acceptors (Lipinski definition) is 2. The van der Waals surface area contributed by atoms with E-state index in [4.69, 9.17) is 0 Å². The maximum absolute atomic E-state index is 13.0. The zero-order valence-electron chi connectivity index (χ0n) is 17.0. The first kappa shape index (κ1) is 18.7. The van der Waals surface area contributed by atoms with Gasteiger partial charge in [0.2, 0.25) is 0 Å². The van der Waals surface area contributed by atoms with Crippen LogP contribution in [0.3, 0.4) is 0 Å². The van der Waals surface area contributed by atoms with Crippen LogP contribution in [0, 0.1) is 5.92 Å². The molecule has 3 atom stereocenters. The Hall–Kier alpha value is -3.26. The highest BCUT2D eigenvalue weighted by molar-refractivity contribution is 5.94. The number of benzene rings is 4. The number of fused-ring (bicyclic) bond motifs is 2. The molecule has 1 fully saturated rings. The average Bonchev–Trinajstić information content (AvgIpc) is 2.77. The van der Waals surface area contributed by atoms with Crippen LogP contribution in [0.2, 0.25) is 0 Å². The van der Waals surface area contributed by atoms with E-state index in [1.165, 1.54) is 0 Å². The molecule has 1 aliphatic carbocycles. The van der Waals surface area contributed by atoms with Crippen molar-refractivity contribution in [2.75, 3.05) is 0 Å². The molecule has 30 heavy (non-hydrogen) atoms. The smallest absolute Gasteiger partial charge is 0.134 e. The van der Waals surface area contributed by atoms with Gasteiger partial charge in [0.25, 0.3) is 0 Å². The van der Waals surface area contributed by atoms with E-state index in [0.717, 1.165) is 32.7 Å². The van der Waals surface area contributed by atoms with Gasteiger partial charge in [-0.2, -0.15) is 0 Å². The van der Waals surface area contributed by atoms with Crippen LogP contribution in [-0.4, -0.2) is 11.6 Å². The fourth-order valence-electron chi connectivity index (χ4n) is 5.43. The molecule has 0 bridgehead atoms. The molecule has 0 spiro atoms. The van der Waals surface area contributed by atoms with Gasteiger partial charge in [-0.25, -0.2) is 0 Å². The van der Waals surface area contributed by atoms with E-state index in [1.807, 2.05) is 36.4 Å². The van der Waals surface area contributed by atoms with Crippen LogP contribution < -0.4 is 0 Å². The molecule has 0 aromatic heterocycles. The molecule has 2 heteroatoms. The second kappa shape index (κ2) is 7.53. The standard InChI is InChI=1S/C28H24O2/c1-18(29)28-26(24-14-6-10-19-8-2-4-12-22(19)24)16-21(30)17-27(28)25-15-7-11-20-9-3-5-13-23(20)25/h2-15,26-28H,16-17H2,1H3/t26-,27+,28?. The number of carbonyl (C=O) groups is 2. The molecule has 0 saturated heterocycles. The summed E-state index contributed by atoms with van der Waals surface area (Å²) in [6.07, 6.45) is 0.860. The van der Waals surface area contributed by atoms with Crippen molar-refractivity contribution in [3.63, 3.8) is 0 Å². The summed E-state index contributed by atoms with van der Waals surface area (Å²) in [5, 5.41) is 4.58. The summed E-state index contributed by atoms with van der Waals surface area (Å²) in [6.45, 7) is 1.69. The first-order chi connectivity index (χ1) is 14.6. The van der Waals surface area contributed by atoms with Gasteiger partial charge in [0.15, 0.2) is 0 Å². The van der Waals surface area contributed by atoms with Gasteiger partial charge in [-0.05, 0) is 39.6 Å². The van der Waals surface area contributed by atoms with E-state index in [-0.39, 0.29) is 29.3 Å². The number of hydrogen-bond donors (Lipinski definition) is 0. The Labute approximate surface area is 176 Å². The van der Waals surface area contributed by atoms with Crippen molar-refractivity contribution in [3.8, 4) is 0 Å². The first-order valence-corrected chi connectivity index (χ1v) is 10.6. The van der Waals surface area contributed by atoms with E-state index in [1.54, 1.807) is 6.92 Å². The molecule has 0 N–H and O–H groups in total. The minimum Gasteiger partial charge on any atom is -0.300 e. The van der Waals surface area contributed by atoms with E-state index in [2.05, 4.69) is 48.5 Å². The SMILES string of the molecule is CC(=O)C1[C@@H](c2cccc3ccccc23)CC(=O)C[C@H]1c1cccc2ccccc12. The molecule has 0 aliphatic heterocycles. The topological polar surface area (TPSA) is 34.1 Å². The van der Waals surface area contributed by atoms with Crippen LogP contribution in [-0.2, 0) is 9.59 Å². The second-order valence-corrected chi connectivity index (χ2v) is 8.43. The van der Waals surface area contributed by atoms with Crippen LogP contribution >= 0.6 is 0 Å². The highest BCUT2D eigenvalue weighted by atomic mass is 16.1. The third-order valence-corrected chi connectivity index (χ3v) is 6.68. The van der Waals surface area contributed by atoms with Crippen molar-refractivity contribution in [1.29, 1.82) is 0 Å². The average molecular weight is 392 g/mol. The van der Waals surface area contributed by atoms with Gasteiger partial charge in [0.1, 0.15) is 11.6 Å². The fourth-order valence-corrected chi connectivity index (χ4v) is 5.43. The molecule has 1 saturated carbocycles. The van der Waals surface area contributed by atoms with Crippen LogP contribution in [0.4, 0.5) is 0 Å². The summed E-state index contributed by atoms with van der Waals surface area (Å²) in [5.74, 6) is -0.00122. The quantitative estimate of drug-likeness (QED) is 0.403. The molecule has 5 rings (SSSR count). The predicted molar refractivity (Wildman–Crippen MR) is 122 cm³/mol. The zero-order valence-corrected chi connectivity index (χ0v) is 17.0. The molecule has 0 heterocycles. The number of rotatable bonds is 3. The molecule has 0 radical (unpaired) electrons. The Kier molecular flexibility index (Phi) is 4.71. The van der Waals surface area contributed by atoms with Crippen molar-refractivity contribution >= 4 is 33.1 Å². The van der Waals surface area contributed by atoms with Crippen LogP contribution in [0.5, 0.6) is 0 Å². The summed E-state index contributed by atoms with van der Waals surface area (Å²) >= 11 is 0. The zero-order chi connectivity index (χ0) is 20.7. The van der Waals surface area contributed by atoms with Gasteiger partial charge in [0, 0.05) is 30.6 Å². The Morgan fingerprint density at radius 1 is 0.667 bits per heavy atom. The van der Waals surface area contributed by atoms with E-state index in [9.17, 15) is 9.59 Å². The lowest BCUT2D eigenvalue weighted by molar-refractivity contribution is -0.127. The predicted octanol–water partition coefficient (Wildman–Crippen LogP) is 6.43. The maximum atomic E-state index is 13.0. The highest BCUT2D eigenvalue weighted by Crippen LogP contribution is 2.48. The first-order valence-electron chi connectivity index (χ1n) is 10.6. The highest BCUT2D eigenvalue weighted by Gasteiger charge is 2.42. The minimum atomic E-state index is -0.209. The number of carbonyl (C=O) groups excluding carboxylic acids is 2. The van der Waals surface area contributed by atoms with Crippen LogP contribution in [0.15, 0.2) is 84.9 Å². The van der Waals surface area contributed by atoms with Gasteiger partial charge >= 0.3 is 0 Å². The summed E-state index contributed by atoms with van der Waals surface area (Å²) < 4.78 is 0. The van der Waals surface area contributed by atoms with Crippen LogP contribution in [0.25, 0.3) is 21.5 Å². The summed E-state index contributed by atoms with van der Waals surface area (Å²) in [7, 11) is 0. The second-order valence-electron chi connectivity index (χ2n) is 8.43. The van der Waals surface area contributed by atoms with Gasteiger partial charge in [-0.3, -0.25) is 9.59 Å². The van der Waals surface area contributed by atoms with E-state index >= 15 is 0 Å². The van der Waals surface area contributed by atoms with Crippen molar-refractivity contribution in [1.82, 2.24) is 0 Å². The molecule has 0 amide bonds. The van der Waals surface area contributed by atoms with Crippen molar-refractivity contribution in [2.24, 2.45) is 5.92 Å². The Morgan fingerprint density at radius 2 is 1.10 bits per heavy atom. The molecule has 1 aliphatic rings. The molecule has 148 valence electrons. The molecular weight excluding hydrogens is 368 g/mol. The number of Topliss-reactive ketones (excluding diaryl/α,β-unsaturated/α-hetero) is 2. The largest absolute Gasteiger partial charge is 0.300 e. The molecule has 4 aromatic carbocycles. The van der Waals surface area contributed by atoms with Gasteiger partial charge in [-0.1, -0.05) is 84.9 Å². The lowest BCUT2D eigenvalue weighted by atomic mass is 9.64. The lowest BCUT2D eigenvalue weighted by Crippen LogP contribution is -2.35. The van der Waals surface area contributed by atoms with E-state index in [0.29, 0.717) is 12.8 Å². The summed E-state index contributed by atoms with van der Waals surface area (Å²) in [6, 6.07) is 29.0. The summed E-state index contributed by atoms with van der Waals surface area (Å²) in [5.41, 5.74) is 2.23. The fraction of sp³-hybridized carbons (Fsp3) is 0.214. The third-order valence-electron chi connectivity index (χ3n) is 6.68. The van der Waals surface area contributed by atoms with Crippen LogP contribution in [0.1, 0.15) is 42.7 Å². The van der Waals surface area contributed by atoms with Crippen molar-refractivity contribution < 1.29 is 9.59 Å².